The number of hydrogen-bond acceptors (Lipinski definition) is 2. The van der Waals surface area contributed by atoms with Crippen molar-refractivity contribution in [1.29, 1.82) is 0 Å². The van der Waals surface area contributed by atoms with Gasteiger partial charge in [-0.3, -0.25) is 4.68 Å². The SMILES string of the molecule is Cc1cc(C(F)(F)F)nn1C[C@H]1CCCNC1. The Morgan fingerprint density at radius 3 is 2.82 bits per heavy atom. The van der Waals surface area contributed by atoms with Gasteiger partial charge in [0.25, 0.3) is 0 Å². The summed E-state index contributed by atoms with van der Waals surface area (Å²) in [5.74, 6) is 0.378. The van der Waals surface area contributed by atoms with Gasteiger partial charge in [-0.05, 0) is 44.8 Å². The van der Waals surface area contributed by atoms with Crippen LogP contribution in [0.15, 0.2) is 6.07 Å². The molecule has 0 radical (unpaired) electrons. The monoisotopic (exact) mass is 247 g/mol. The zero-order valence-electron chi connectivity index (χ0n) is 9.72. The third kappa shape index (κ3) is 3.00. The van der Waals surface area contributed by atoms with Crippen LogP contribution >= 0.6 is 0 Å². The zero-order chi connectivity index (χ0) is 12.5. The minimum absolute atomic E-state index is 0.378. The Morgan fingerprint density at radius 1 is 1.53 bits per heavy atom. The van der Waals surface area contributed by atoms with Crippen LogP contribution in [0.25, 0.3) is 0 Å². The van der Waals surface area contributed by atoms with Crippen molar-refractivity contribution in [2.75, 3.05) is 13.1 Å². The number of nitrogens with one attached hydrogen (secondary N) is 1. The van der Waals surface area contributed by atoms with Crippen LogP contribution in [-0.2, 0) is 12.7 Å². The van der Waals surface area contributed by atoms with Gasteiger partial charge in [0.2, 0.25) is 0 Å². The number of alkyl halides is 3. The summed E-state index contributed by atoms with van der Waals surface area (Å²) in [5, 5.41) is 6.89. The Bertz CT molecular complexity index is 378. The van der Waals surface area contributed by atoms with Crippen LogP contribution in [0.5, 0.6) is 0 Å². The van der Waals surface area contributed by atoms with E-state index in [2.05, 4.69) is 10.4 Å². The molecule has 1 aromatic heterocycles. The fraction of sp³-hybridized carbons (Fsp3) is 0.727. The van der Waals surface area contributed by atoms with Gasteiger partial charge in [0.1, 0.15) is 0 Å². The van der Waals surface area contributed by atoms with Crippen LogP contribution in [-0.4, -0.2) is 22.9 Å². The maximum Gasteiger partial charge on any atom is 0.435 e. The largest absolute Gasteiger partial charge is 0.435 e. The lowest BCUT2D eigenvalue weighted by Gasteiger charge is -2.23. The maximum atomic E-state index is 12.5. The lowest BCUT2D eigenvalue weighted by Crippen LogP contribution is -2.32. The van der Waals surface area contributed by atoms with Crippen molar-refractivity contribution in [2.24, 2.45) is 5.92 Å². The molecule has 0 saturated carbocycles. The average molecular weight is 247 g/mol. The molecule has 1 aromatic rings. The Balaban J connectivity index is 2.07. The highest BCUT2D eigenvalue weighted by Gasteiger charge is 2.34. The molecule has 1 N–H and O–H groups in total. The third-order valence-electron chi connectivity index (χ3n) is 3.10. The number of piperidine rings is 1. The second-order valence-electron chi connectivity index (χ2n) is 4.56. The van der Waals surface area contributed by atoms with Crippen molar-refractivity contribution in [3.63, 3.8) is 0 Å². The van der Waals surface area contributed by atoms with Crippen LogP contribution in [0, 0.1) is 12.8 Å². The summed E-state index contributed by atoms with van der Waals surface area (Å²) in [6.45, 7) is 4.09. The van der Waals surface area contributed by atoms with Gasteiger partial charge in [0.15, 0.2) is 5.69 Å². The molecule has 1 fully saturated rings. The molecule has 1 atom stereocenters. The van der Waals surface area contributed by atoms with E-state index in [1.54, 1.807) is 6.92 Å². The highest BCUT2D eigenvalue weighted by Crippen LogP contribution is 2.28. The van der Waals surface area contributed by atoms with E-state index in [1.165, 1.54) is 4.68 Å². The van der Waals surface area contributed by atoms with Gasteiger partial charge in [-0.2, -0.15) is 18.3 Å². The van der Waals surface area contributed by atoms with Gasteiger partial charge in [-0.25, -0.2) is 0 Å². The van der Waals surface area contributed by atoms with E-state index in [1.807, 2.05) is 0 Å². The summed E-state index contributed by atoms with van der Waals surface area (Å²) in [6, 6.07) is 1.11. The van der Waals surface area contributed by atoms with Crippen LogP contribution < -0.4 is 5.32 Å². The summed E-state index contributed by atoms with van der Waals surface area (Å²) in [7, 11) is 0. The van der Waals surface area contributed by atoms with Crippen molar-refractivity contribution < 1.29 is 13.2 Å². The molecule has 2 rings (SSSR count). The number of halogens is 3. The van der Waals surface area contributed by atoms with Crippen LogP contribution in [0.3, 0.4) is 0 Å². The molecular formula is C11H16F3N3. The molecule has 0 bridgehead atoms. The number of rotatable bonds is 2. The fourth-order valence-electron chi connectivity index (χ4n) is 2.16. The first-order chi connectivity index (χ1) is 7.97. The van der Waals surface area contributed by atoms with Crippen molar-refractivity contribution in [3.8, 4) is 0 Å². The first-order valence-corrected chi connectivity index (χ1v) is 5.79. The summed E-state index contributed by atoms with van der Waals surface area (Å²) < 4.78 is 38.9. The minimum atomic E-state index is -4.35. The number of aryl methyl sites for hydroxylation is 1. The van der Waals surface area contributed by atoms with Crippen LogP contribution in [0.4, 0.5) is 13.2 Å². The lowest BCUT2D eigenvalue weighted by molar-refractivity contribution is -0.141. The number of hydrogen-bond donors (Lipinski definition) is 1. The van der Waals surface area contributed by atoms with Gasteiger partial charge in [-0.15, -0.1) is 0 Å². The quantitative estimate of drug-likeness (QED) is 0.868. The molecule has 3 nitrogen and oxygen atoms in total. The van der Waals surface area contributed by atoms with E-state index >= 15 is 0 Å². The van der Waals surface area contributed by atoms with Gasteiger partial charge >= 0.3 is 6.18 Å². The molecule has 0 aliphatic carbocycles. The van der Waals surface area contributed by atoms with Crippen LogP contribution in [0.1, 0.15) is 24.2 Å². The first kappa shape index (κ1) is 12.4. The fourth-order valence-corrected chi connectivity index (χ4v) is 2.16. The van der Waals surface area contributed by atoms with Gasteiger partial charge in [-0.1, -0.05) is 0 Å². The normalized spacial score (nSPS) is 21.8. The number of aromatic nitrogens is 2. The number of nitrogens with zero attached hydrogens (tertiary/aromatic N) is 2. The van der Waals surface area contributed by atoms with Crippen molar-refractivity contribution in [3.05, 3.63) is 17.5 Å². The van der Waals surface area contributed by atoms with Crippen molar-refractivity contribution >= 4 is 0 Å². The predicted molar refractivity (Wildman–Crippen MR) is 57.6 cm³/mol. The lowest BCUT2D eigenvalue weighted by atomic mass is 10.00. The molecular weight excluding hydrogens is 231 g/mol. The Hall–Kier alpha value is -1.04. The summed E-state index contributed by atoms with van der Waals surface area (Å²) in [6.07, 6.45) is -2.22. The molecule has 0 amide bonds. The van der Waals surface area contributed by atoms with E-state index in [-0.39, 0.29) is 0 Å². The second kappa shape index (κ2) is 4.68. The summed E-state index contributed by atoms with van der Waals surface area (Å²) in [4.78, 5) is 0. The molecule has 1 aliphatic rings. The molecule has 0 spiro atoms. The molecule has 0 unspecified atom stereocenters. The first-order valence-electron chi connectivity index (χ1n) is 5.79. The van der Waals surface area contributed by atoms with Crippen molar-refractivity contribution in [2.45, 2.75) is 32.5 Å². The molecule has 1 saturated heterocycles. The standard InChI is InChI=1S/C11H16F3N3/c1-8-5-10(11(12,13)14)16-17(8)7-9-3-2-4-15-6-9/h5,9,15H,2-4,6-7H2,1H3/t9-/m0/s1. The molecule has 2 heterocycles. The Morgan fingerprint density at radius 2 is 2.29 bits per heavy atom. The van der Waals surface area contributed by atoms with Gasteiger partial charge in [0, 0.05) is 12.2 Å². The maximum absolute atomic E-state index is 12.5. The zero-order valence-corrected chi connectivity index (χ0v) is 9.72. The van der Waals surface area contributed by atoms with E-state index in [0.717, 1.165) is 32.0 Å². The molecule has 1 aliphatic heterocycles. The topological polar surface area (TPSA) is 29.9 Å². The predicted octanol–water partition coefficient (Wildman–Crippen LogP) is 2.21. The van der Waals surface area contributed by atoms with Crippen molar-refractivity contribution in [1.82, 2.24) is 15.1 Å². The average Bonchev–Trinajstić information content (AvgIpc) is 2.62. The van der Waals surface area contributed by atoms with E-state index in [9.17, 15) is 13.2 Å². The van der Waals surface area contributed by atoms with Crippen LogP contribution in [0.2, 0.25) is 0 Å². The van der Waals surface area contributed by atoms with Gasteiger partial charge in [0.05, 0.1) is 0 Å². The van der Waals surface area contributed by atoms with E-state index in [4.69, 9.17) is 0 Å². The van der Waals surface area contributed by atoms with Gasteiger partial charge < -0.3 is 5.32 Å². The Kier molecular flexibility index (Phi) is 3.42. The van der Waals surface area contributed by atoms with E-state index in [0.29, 0.717) is 18.2 Å². The molecule has 17 heavy (non-hydrogen) atoms. The minimum Gasteiger partial charge on any atom is -0.316 e. The molecule has 96 valence electrons. The highest BCUT2D eigenvalue weighted by atomic mass is 19.4. The molecule has 0 aromatic carbocycles. The Labute approximate surface area is 98.0 Å². The summed E-state index contributed by atoms with van der Waals surface area (Å²) >= 11 is 0. The second-order valence-corrected chi connectivity index (χ2v) is 4.56. The third-order valence-corrected chi connectivity index (χ3v) is 3.10. The van der Waals surface area contributed by atoms with E-state index < -0.39 is 11.9 Å². The summed E-state index contributed by atoms with van der Waals surface area (Å²) in [5.41, 5.74) is -0.221. The highest BCUT2D eigenvalue weighted by molar-refractivity contribution is 5.11. The smallest absolute Gasteiger partial charge is 0.316 e. The molecule has 6 heteroatoms.